The molecule has 0 saturated carbocycles. The van der Waals surface area contributed by atoms with Crippen LogP contribution in [-0.4, -0.2) is 32.1 Å². The van der Waals surface area contributed by atoms with Crippen LogP contribution in [0.1, 0.15) is 29.5 Å². The Morgan fingerprint density at radius 1 is 1.04 bits per heavy atom. The number of hydrogen-bond acceptors (Lipinski definition) is 4. The van der Waals surface area contributed by atoms with Gasteiger partial charge in [0.05, 0.1) is 39.1 Å². The number of nitrogens with one attached hydrogen (secondary N) is 1. The molecule has 0 aliphatic carbocycles. The predicted molar refractivity (Wildman–Crippen MR) is 90.2 cm³/mol. The van der Waals surface area contributed by atoms with Crippen molar-refractivity contribution in [2.75, 3.05) is 26.3 Å². The Balaban J connectivity index is 1.58. The average molecular weight is 330 g/mol. The van der Waals surface area contributed by atoms with Crippen molar-refractivity contribution in [3.8, 4) is 0 Å². The van der Waals surface area contributed by atoms with Gasteiger partial charge in [-0.15, -0.1) is 0 Å². The smallest absolute Gasteiger partial charge is 0.336 e. The molecule has 3 heterocycles. The summed E-state index contributed by atoms with van der Waals surface area (Å²) in [6.07, 6.45) is 1.83. The van der Waals surface area contributed by atoms with Crippen LogP contribution in [-0.2, 0) is 16.0 Å². The van der Waals surface area contributed by atoms with Gasteiger partial charge in [0, 0.05) is 17.0 Å². The first-order chi connectivity index (χ1) is 11.5. The quantitative estimate of drug-likeness (QED) is 0.844. The molecule has 5 heteroatoms. The summed E-state index contributed by atoms with van der Waals surface area (Å²) in [5, 5.41) is 1.05. The highest BCUT2D eigenvalue weighted by atomic mass is 16.7. The lowest BCUT2D eigenvalue weighted by molar-refractivity contribution is -0.922. The molecule has 0 unspecified atom stereocenters. The van der Waals surface area contributed by atoms with E-state index in [1.807, 2.05) is 13.0 Å². The minimum atomic E-state index is -0.338. The van der Waals surface area contributed by atoms with Gasteiger partial charge >= 0.3 is 5.63 Å². The van der Waals surface area contributed by atoms with Crippen LogP contribution in [0.15, 0.2) is 27.4 Å². The topological polar surface area (TPSA) is 53.1 Å². The van der Waals surface area contributed by atoms with E-state index in [0.29, 0.717) is 18.8 Å². The summed E-state index contributed by atoms with van der Waals surface area (Å²) in [5.74, 6) is -0.338. The SMILES string of the molecule is Cc1cc2oc(=O)cc(C[NH+]3CCC4(CC3)OCCO4)c2cc1C. The predicted octanol–water partition coefficient (Wildman–Crippen LogP) is 1.33. The van der Waals surface area contributed by atoms with Crippen LogP contribution in [0.2, 0.25) is 0 Å². The number of fused-ring (bicyclic) bond motifs is 1. The van der Waals surface area contributed by atoms with E-state index < -0.39 is 0 Å². The molecule has 2 saturated heterocycles. The van der Waals surface area contributed by atoms with Crippen LogP contribution in [0.4, 0.5) is 0 Å². The van der Waals surface area contributed by atoms with Crippen LogP contribution >= 0.6 is 0 Å². The third-order valence-corrected chi connectivity index (χ3v) is 5.42. The Labute approximate surface area is 141 Å². The zero-order chi connectivity index (χ0) is 16.7. The van der Waals surface area contributed by atoms with Gasteiger partial charge in [-0.2, -0.15) is 0 Å². The summed E-state index contributed by atoms with van der Waals surface area (Å²) in [7, 11) is 0. The highest BCUT2D eigenvalue weighted by Crippen LogP contribution is 2.28. The van der Waals surface area contributed by atoms with Crippen LogP contribution in [0.25, 0.3) is 11.0 Å². The van der Waals surface area contributed by atoms with Gasteiger partial charge in [-0.3, -0.25) is 0 Å². The molecule has 0 bridgehead atoms. The summed E-state index contributed by atoms with van der Waals surface area (Å²) in [4.78, 5) is 13.4. The van der Waals surface area contributed by atoms with E-state index in [0.717, 1.165) is 49.0 Å². The molecular weight excluding hydrogens is 306 g/mol. The molecule has 24 heavy (non-hydrogen) atoms. The number of likely N-dealkylation sites (tertiary alicyclic amines) is 1. The maximum atomic E-state index is 11.9. The van der Waals surface area contributed by atoms with Crippen molar-refractivity contribution in [1.82, 2.24) is 0 Å². The molecule has 2 fully saturated rings. The van der Waals surface area contributed by atoms with Gasteiger partial charge < -0.3 is 18.8 Å². The Bertz CT molecular complexity index is 810. The van der Waals surface area contributed by atoms with E-state index in [-0.39, 0.29) is 11.4 Å². The molecule has 0 radical (unpaired) electrons. The van der Waals surface area contributed by atoms with Crippen molar-refractivity contribution in [2.24, 2.45) is 0 Å². The number of piperidine rings is 1. The van der Waals surface area contributed by atoms with Crippen molar-refractivity contribution in [1.29, 1.82) is 0 Å². The second-order valence-electron chi connectivity index (χ2n) is 7.06. The van der Waals surface area contributed by atoms with Crippen LogP contribution < -0.4 is 10.5 Å². The van der Waals surface area contributed by atoms with E-state index >= 15 is 0 Å². The highest BCUT2D eigenvalue weighted by molar-refractivity contribution is 5.81. The maximum absolute atomic E-state index is 11.9. The van der Waals surface area contributed by atoms with Crippen LogP contribution in [0.5, 0.6) is 0 Å². The highest BCUT2D eigenvalue weighted by Gasteiger charge is 2.41. The Hall–Kier alpha value is -1.69. The molecule has 2 aromatic rings. The lowest BCUT2D eigenvalue weighted by atomic mass is 10.0. The summed E-state index contributed by atoms with van der Waals surface area (Å²) in [6.45, 7) is 8.37. The Morgan fingerprint density at radius 2 is 1.71 bits per heavy atom. The fourth-order valence-corrected chi connectivity index (χ4v) is 3.85. The molecule has 0 atom stereocenters. The van der Waals surface area contributed by atoms with Gasteiger partial charge in [0.25, 0.3) is 0 Å². The average Bonchev–Trinajstić information content (AvgIpc) is 3.00. The number of ether oxygens (including phenoxy) is 2. The summed E-state index contributed by atoms with van der Waals surface area (Å²) in [5.41, 5.74) is 3.86. The number of aryl methyl sites for hydroxylation is 2. The number of quaternary nitrogens is 1. The summed E-state index contributed by atoms with van der Waals surface area (Å²) < 4.78 is 17.0. The minimum absolute atomic E-state index is 0.268. The van der Waals surface area contributed by atoms with Crippen molar-refractivity contribution in [3.63, 3.8) is 0 Å². The monoisotopic (exact) mass is 330 g/mol. The molecule has 2 aliphatic heterocycles. The van der Waals surface area contributed by atoms with Crippen molar-refractivity contribution >= 4 is 11.0 Å². The van der Waals surface area contributed by atoms with Crippen molar-refractivity contribution < 1.29 is 18.8 Å². The van der Waals surface area contributed by atoms with Crippen molar-refractivity contribution in [2.45, 2.75) is 39.0 Å². The fourth-order valence-electron chi connectivity index (χ4n) is 3.85. The number of benzene rings is 1. The molecule has 1 spiro atoms. The molecular formula is C19H24NO4+. The normalized spacial score (nSPS) is 20.9. The minimum Gasteiger partial charge on any atom is -0.423 e. The second-order valence-corrected chi connectivity index (χ2v) is 7.06. The first-order valence-electron chi connectivity index (χ1n) is 8.70. The van der Waals surface area contributed by atoms with E-state index in [1.54, 1.807) is 6.07 Å². The van der Waals surface area contributed by atoms with Crippen molar-refractivity contribution in [3.05, 3.63) is 45.3 Å². The zero-order valence-electron chi connectivity index (χ0n) is 14.3. The molecule has 1 N–H and O–H groups in total. The molecule has 5 nitrogen and oxygen atoms in total. The van der Waals surface area contributed by atoms with Crippen LogP contribution in [0, 0.1) is 13.8 Å². The van der Waals surface area contributed by atoms with Gasteiger partial charge in [-0.05, 0) is 37.1 Å². The van der Waals surface area contributed by atoms with Gasteiger partial charge in [0.15, 0.2) is 5.79 Å². The molecule has 4 rings (SSSR count). The van der Waals surface area contributed by atoms with E-state index in [1.165, 1.54) is 10.5 Å². The molecule has 1 aromatic carbocycles. The van der Waals surface area contributed by atoms with Gasteiger partial charge in [0.2, 0.25) is 0 Å². The molecule has 0 amide bonds. The van der Waals surface area contributed by atoms with Crippen LogP contribution in [0.3, 0.4) is 0 Å². The first-order valence-corrected chi connectivity index (χ1v) is 8.70. The lowest BCUT2D eigenvalue weighted by Crippen LogP contribution is -3.12. The lowest BCUT2D eigenvalue weighted by Gasteiger charge is -2.35. The van der Waals surface area contributed by atoms with E-state index in [4.69, 9.17) is 13.9 Å². The second kappa shape index (κ2) is 5.99. The summed E-state index contributed by atoms with van der Waals surface area (Å²) >= 11 is 0. The Morgan fingerprint density at radius 3 is 2.42 bits per heavy atom. The zero-order valence-corrected chi connectivity index (χ0v) is 14.3. The molecule has 1 aromatic heterocycles. The fraction of sp³-hybridized carbons (Fsp3) is 0.526. The number of rotatable bonds is 2. The van der Waals surface area contributed by atoms with E-state index in [9.17, 15) is 4.79 Å². The van der Waals surface area contributed by atoms with Gasteiger partial charge in [-0.25, -0.2) is 4.79 Å². The third kappa shape index (κ3) is 2.88. The number of hydrogen-bond donors (Lipinski definition) is 1. The maximum Gasteiger partial charge on any atom is 0.336 e. The Kier molecular flexibility index (Phi) is 3.95. The molecule has 2 aliphatic rings. The first kappa shape index (κ1) is 15.8. The standard InChI is InChI=1S/C19H23NO4/c1-13-9-16-15(11-18(21)24-17(16)10-14(13)2)12-20-5-3-19(4-6-20)22-7-8-23-19/h9-11H,3-8,12H2,1-2H3/p+1. The largest absolute Gasteiger partial charge is 0.423 e. The van der Waals surface area contributed by atoms with E-state index in [2.05, 4.69) is 13.0 Å². The van der Waals surface area contributed by atoms with Gasteiger partial charge in [0.1, 0.15) is 12.1 Å². The van der Waals surface area contributed by atoms with Gasteiger partial charge in [-0.1, -0.05) is 0 Å². The summed E-state index contributed by atoms with van der Waals surface area (Å²) in [6, 6.07) is 5.75. The third-order valence-electron chi connectivity index (χ3n) is 5.42. The molecule has 128 valence electrons.